The molecule has 0 aliphatic heterocycles. The van der Waals surface area contributed by atoms with Gasteiger partial charge in [0.1, 0.15) is 17.1 Å². The summed E-state index contributed by atoms with van der Waals surface area (Å²) in [6, 6.07) is 10.1. The van der Waals surface area contributed by atoms with Gasteiger partial charge in [0.05, 0.1) is 12.2 Å². The number of hydrogen-bond acceptors (Lipinski definition) is 4. The summed E-state index contributed by atoms with van der Waals surface area (Å²) in [6.07, 6.45) is 0. The first-order valence-electron chi connectivity index (χ1n) is 7.76. The minimum atomic E-state index is -0.637. The van der Waals surface area contributed by atoms with Crippen molar-refractivity contribution >= 4 is 22.6 Å². The quantitative estimate of drug-likeness (QED) is 0.731. The Balaban J connectivity index is 2.02. The molecular formula is C19H16FNO4. The molecule has 3 rings (SSSR count). The molecule has 5 nitrogen and oxygen atoms in total. The molecule has 0 aliphatic carbocycles. The Labute approximate surface area is 143 Å². The fourth-order valence-electron chi connectivity index (χ4n) is 2.54. The summed E-state index contributed by atoms with van der Waals surface area (Å²) < 4.78 is 23.7. The van der Waals surface area contributed by atoms with Gasteiger partial charge in [0.2, 0.25) is 0 Å². The van der Waals surface area contributed by atoms with E-state index in [2.05, 4.69) is 5.32 Å². The smallest absolute Gasteiger partial charge is 0.337 e. The molecule has 25 heavy (non-hydrogen) atoms. The summed E-state index contributed by atoms with van der Waals surface area (Å²) in [5, 5.41) is 3.18. The van der Waals surface area contributed by atoms with E-state index in [9.17, 15) is 14.0 Å². The van der Waals surface area contributed by atoms with Crippen LogP contribution in [-0.4, -0.2) is 12.5 Å². The van der Waals surface area contributed by atoms with Crippen LogP contribution in [0.15, 0.2) is 51.7 Å². The monoisotopic (exact) mass is 341 g/mol. The number of benzene rings is 2. The molecule has 0 fully saturated rings. The lowest BCUT2D eigenvalue weighted by Gasteiger charge is -2.10. The molecule has 0 unspecified atom stereocenters. The maximum absolute atomic E-state index is 13.2. The highest BCUT2D eigenvalue weighted by Crippen LogP contribution is 2.24. The van der Waals surface area contributed by atoms with Gasteiger partial charge in [-0.1, -0.05) is 0 Å². The highest BCUT2D eigenvalue weighted by Gasteiger charge is 2.15. The molecule has 6 heteroatoms. The van der Waals surface area contributed by atoms with Crippen molar-refractivity contribution in [1.82, 2.24) is 0 Å². The highest BCUT2D eigenvalue weighted by molar-refractivity contribution is 6.12. The number of fused-ring (bicyclic) bond motifs is 1. The van der Waals surface area contributed by atoms with Crippen molar-refractivity contribution in [3.63, 3.8) is 0 Å². The fraction of sp³-hybridized carbons (Fsp3) is 0.158. The van der Waals surface area contributed by atoms with Gasteiger partial charge >= 0.3 is 5.63 Å². The average molecular weight is 341 g/mol. The molecule has 1 aromatic heterocycles. The van der Waals surface area contributed by atoms with Crippen LogP contribution in [0.3, 0.4) is 0 Å². The van der Waals surface area contributed by atoms with Gasteiger partial charge in [0, 0.05) is 23.2 Å². The van der Waals surface area contributed by atoms with Gasteiger partial charge in [-0.2, -0.15) is 0 Å². The largest absolute Gasteiger partial charge is 0.494 e. The third kappa shape index (κ3) is 3.52. The van der Waals surface area contributed by atoms with Crippen LogP contribution in [0.1, 0.15) is 22.8 Å². The Morgan fingerprint density at radius 2 is 2.00 bits per heavy atom. The number of ether oxygens (including phenoxy) is 1. The first-order valence-corrected chi connectivity index (χ1v) is 7.76. The van der Waals surface area contributed by atoms with Crippen molar-refractivity contribution in [1.29, 1.82) is 0 Å². The van der Waals surface area contributed by atoms with Gasteiger partial charge < -0.3 is 14.5 Å². The van der Waals surface area contributed by atoms with E-state index in [0.29, 0.717) is 29.0 Å². The van der Waals surface area contributed by atoms with Crippen LogP contribution in [0.25, 0.3) is 11.0 Å². The van der Waals surface area contributed by atoms with Crippen molar-refractivity contribution in [2.45, 2.75) is 13.8 Å². The summed E-state index contributed by atoms with van der Waals surface area (Å²) in [4.78, 5) is 24.4. The molecular weight excluding hydrogens is 325 g/mol. The zero-order chi connectivity index (χ0) is 18.0. The summed E-state index contributed by atoms with van der Waals surface area (Å²) in [5.74, 6) is -0.313. The van der Waals surface area contributed by atoms with E-state index < -0.39 is 11.5 Å². The Kier molecular flexibility index (Phi) is 4.52. The minimum Gasteiger partial charge on any atom is -0.494 e. The standard InChI is InChI=1S/C19H16FNO4/c1-3-24-13-5-6-14-15(10-18(22)25-17(14)9-13)19(23)21-16-7-4-12(20)8-11(16)2/h4-10H,3H2,1-2H3,(H,21,23). The zero-order valence-corrected chi connectivity index (χ0v) is 13.8. The molecule has 128 valence electrons. The van der Waals surface area contributed by atoms with Crippen molar-refractivity contribution in [3.05, 3.63) is 69.8 Å². The topological polar surface area (TPSA) is 68.5 Å². The summed E-state index contributed by atoms with van der Waals surface area (Å²) >= 11 is 0. The molecule has 2 aromatic carbocycles. The number of aryl methyl sites for hydroxylation is 1. The second-order valence-corrected chi connectivity index (χ2v) is 5.48. The number of carbonyl (C=O) groups is 1. The maximum Gasteiger partial charge on any atom is 0.337 e. The van der Waals surface area contributed by atoms with Crippen molar-refractivity contribution < 1.29 is 18.3 Å². The Morgan fingerprint density at radius 1 is 1.20 bits per heavy atom. The van der Waals surface area contributed by atoms with Crippen LogP contribution in [0.5, 0.6) is 5.75 Å². The van der Waals surface area contributed by atoms with E-state index in [1.807, 2.05) is 6.92 Å². The van der Waals surface area contributed by atoms with Crippen LogP contribution in [0, 0.1) is 12.7 Å². The highest BCUT2D eigenvalue weighted by atomic mass is 19.1. The van der Waals surface area contributed by atoms with Gasteiger partial charge in [-0.05, 0) is 49.7 Å². The second kappa shape index (κ2) is 6.76. The number of hydrogen-bond donors (Lipinski definition) is 1. The summed E-state index contributed by atoms with van der Waals surface area (Å²) in [6.45, 7) is 4.00. The van der Waals surface area contributed by atoms with Crippen molar-refractivity contribution in [3.8, 4) is 5.75 Å². The van der Waals surface area contributed by atoms with E-state index in [1.165, 1.54) is 18.2 Å². The normalized spacial score (nSPS) is 10.7. The van der Waals surface area contributed by atoms with Crippen molar-refractivity contribution in [2.75, 3.05) is 11.9 Å². The Hall–Kier alpha value is -3.15. The number of carbonyl (C=O) groups excluding carboxylic acids is 1. The molecule has 0 radical (unpaired) electrons. The van der Waals surface area contributed by atoms with E-state index in [-0.39, 0.29) is 17.0 Å². The predicted octanol–water partition coefficient (Wildman–Crippen LogP) is 3.89. The van der Waals surface area contributed by atoms with E-state index in [1.54, 1.807) is 25.1 Å². The fourth-order valence-corrected chi connectivity index (χ4v) is 2.54. The Bertz CT molecular complexity index is 1010. The molecule has 0 saturated carbocycles. The molecule has 1 amide bonds. The van der Waals surface area contributed by atoms with Gasteiger partial charge in [0.25, 0.3) is 5.91 Å². The average Bonchev–Trinajstić information content (AvgIpc) is 2.56. The van der Waals surface area contributed by atoms with Gasteiger partial charge in [-0.3, -0.25) is 4.79 Å². The molecule has 1 heterocycles. The summed E-state index contributed by atoms with van der Waals surface area (Å²) in [7, 11) is 0. The van der Waals surface area contributed by atoms with Gasteiger partial charge in [-0.15, -0.1) is 0 Å². The SMILES string of the molecule is CCOc1ccc2c(C(=O)Nc3ccc(F)cc3C)cc(=O)oc2c1. The summed E-state index contributed by atoms with van der Waals surface area (Å²) in [5.41, 5.74) is 0.859. The van der Waals surface area contributed by atoms with E-state index in [0.717, 1.165) is 6.07 Å². The van der Waals surface area contributed by atoms with Crippen LogP contribution in [0.2, 0.25) is 0 Å². The number of anilines is 1. The lowest BCUT2D eigenvalue weighted by molar-refractivity contribution is 0.102. The number of halogens is 1. The molecule has 1 N–H and O–H groups in total. The second-order valence-electron chi connectivity index (χ2n) is 5.48. The molecule has 0 spiro atoms. The third-order valence-electron chi connectivity index (χ3n) is 3.71. The van der Waals surface area contributed by atoms with Gasteiger partial charge in [-0.25, -0.2) is 9.18 Å². The first kappa shape index (κ1) is 16.7. The lowest BCUT2D eigenvalue weighted by atomic mass is 10.1. The van der Waals surface area contributed by atoms with Crippen LogP contribution >= 0.6 is 0 Å². The van der Waals surface area contributed by atoms with Crippen LogP contribution in [-0.2, 0) is 0 Å². The third-order valence-corrected chi connectivity index (χ3v) is 3.71. The molecule has 0 atom stereocenters. The molecule has 3 aromatic rings. The van der Waals surface area contributed by atoms with Crippen LogP contribution in [0.4, 0.5) is 10.1 Å². The number of nitrogens with one attached hydrogen (secondary N) is 1. The molecule has 0 aliphatic rings. The van der Waals surface area contributed by atoms with Gasteiger partial charge in [0.15, 0.2) is 0 Å². The zero-order valence-electron chi connectivity index (χ0n) is 13.8. The first-order chi connectivity index (χ1) is 12.0. The number of rotatable bonds is 4. The molecule has 0 saturated heterocycles. The molecule has 0 bridgehead atoms. The number of amides is 1. The van der Waals surface area contributed by atoms with Crippen LogP contribution < -0.4 is 15.7 Å². The minimum absolute atomic E-state index is 0.179. The predicted molar refractivity (Wildman–Crippen MR) is 92.7 cm³/mol. The van der Waals surface area contributed by atoms with E-state index >= 15 is 0 Å². The Morgan fingerprint density at radius 3 is 2.72 bits per heavy atom. The van der Waals surface area contributed by atoms with Crippen molar-refractivity contribution in [2.24, 2.45) is 0 Å². The van der Waals surface area contributed by atoms with E-state index in [4.69, 9.17) is 9.15 Å². The lowest BCUT2D eigenvalue weighted by Crippen LogP contribution is -2.16. The maximum atomic E-state index is 13.2.